The number of oxazole rings is 1. The summed E-state index contributed by atoms with van der Waals surface area (Å²) in [4.78, 5) is 28.2. The summed E-state index contributed by atoms with van der Waals surface area (Å²) in [6, 6.07) is 16.7. The summed E-state index contributed by atoms with van der Waals surface area (Å²) < 4.78 is 7.07. The van der Waals surface area contributed by atoms with Gasteiger partial charge in [-0.15, -0.1) is 5.10 Å². The number of para-hydroxylation sites is 3. The van der Waals surface area contributed by atoms with Gasteiger partial charge in [0, 0.05) is 0 Å². The fourth-order valence-corrected chi connectivity index (χ4v) is 3.71. The molecule has 30 heavy (non-hydrogen) atoms. The topological polar surface area (TPSA) is 128 Å². The van der Waals surface area contributed by atoms with Crippen LogP contribution in [0.1, 0.15) is 0 Å². The molecular formula is C18H15N7O3S2. The fourth-order valence-electron chi connectivity index (χ4n) is 2.38. The van der Waals surface area contributed by atoms with Crippen LogP contribution in [0.2, 0.25) is 0 Å². The Morgan fingerprint density at radius 1 is 0.933 bits per heavy atom. The van der Waals surface area contributed by atoms with Crippen molar-refractivity contribution in [3.63, 3.8) is 0 Å². The second-order valence-electron chi connectivity index (χ2n) is 5.83. The Hall–Kier alpha value is -3.38. The van der Waals surface area contributed by atoms with Crippen molar-refractivity contribution in [2.24, 2.45) is 0 Å². The second-order valence-corrected chi connectivity index (χ2v) is 7.70. The average molecular weight is 441 g/mol. The van der Waals surface area contributed by atoms with E-state index in [1.807, 2.05) is 48.5 Å². The molecule has 0 spiro atoms. The largest absolute Gasteiger partial charge is 0.431 e. The second kappa shape index (κ2) is 9.41. The number of hydrogen-bond donors (Lipinski definition) is 2. The maximum atomic E-state index is 12.0. The Morgan fingerprint density at radius 2 is 1.63 bits per heavy atom. The van der Waals surface area contributed by atoms with Crippen molar-refractivity contribution in [3.05, 3.63) is 54.6 Å². The van der Waals surface area contributed by atoms with Crippen LogP contribution in [0.25, 0.3) is 16.8 Å². The van der Waals surface area contributed by atoms with E-state index in [1.54, 1.807) is 6.07 Å². The van der Waals surface area contributed by atoms with E-state index in [9.17, 15) is 9.59 Å². The number of aromatic nitrogens is 5. The Balaban J connectivity index is 1.21. The van der Waals surface area contributed by atoms with Crippen molar-refractivity contribution in [2.75, 3.05) is 11.5 Å². The molecule has 4 aromatic rings. The van der Waals surface area contributed by atoms with E-state index in [0.29, 0.717) is 16.0 Å². The number of hydrazine groups is 1. The number of rotatable bonds is 7. The Kier molecular flexibility index (Phi) is 6.25. The van der Waals surface area contributed by atoms with E-state index < -0.39 is 0 Å². The van der Waals surface area contributed by atoms with E-state index in [-0.39, 0.29) is 23.3 Å². The highest BCUT2D eigenvalue weighted by Gasteiger charge is 2.13. The van der Waals surface area contributed by atoms with Gasteiger partial charge in [0.1, 0.15) is 5.52 Å². The molecule has 0 unspecified atom stereocenters. The number of fused-ring (bicyclic) bond motifs is 1. The Morgan fingerprint density at radius 3 is 2.40 bits per heavy atom. The molecule has 4 rings (SSSR count). The van der Waals surface area contributed by atoms with Crippen LogP contribution in [0.3, 0.4) is 0 Å². The first-order valence-electron chi connectivity index (χ1n) is 8.72. The minimum absolute atomic E-state index is 0.0335. The van der Waals surface area contributed by atoms with Crippen LogP contribution in [0, 0.1) is 0 Å². The predicted octanol–water partition coefficient (Wildman–Crippen LogP) is 1.84. The van der Waals surface area contributed by atoms with Gasteiger partial charge >= 0.3 is 0 Å². The predicted molar refractivity (Wildman–Crippen MR) is 111 cm³/mol. The number of thioether (sulfide) groups is 2. The van der Waals surface area contributed by atoms with Crippen molar-refractivity contribution in [3.8, 4) is 5.69 Å². The molecule has 0 aliphatic carbocycles. The minimum atomic E-state index is -0.386. The molecule has 0 fully saturated rings. The van der Waals surface area contributed by atoms with Crippen molar-refractivity contribution in [1.82, 2.24) is 36.0 Å². The third-order valence-corrected chi connectivity index (χ3v) is 5.46. The number of tetrazole rings is 1. The van der Waals surface area contributed by atoms with E-state index >= 15 is 0 Å². The quantitative estimate of drug-likeness (QED) is 0.326. The van der Waals surface area contributed by atoms with Gasteiger partial charge in [-0.05, 0) is 34.7 Å². The third kappa shape index (κ3) is 4.96. The van der Waals surface area contributed by atoms with Crippen molar-refractivity contribution < 1.29 is 14.0 Å². The maximum absolute atomic E-state index is 12.0. The van der Waals surface area contributed by atoms with Crippen LogP contribution < -0.4 is 10.9 Å². The summed E-state index contributed by atoms with van der Waals surface area (Å²) in [6.45, 7) is 0. The highest BCUT2D eigenvalue weighted by Crippen LogP contribution is 2.22. The van der Waals surface area contributed by atoms with Gasteiger partial charge < -0.3 is 4.42 Å². The first kappa shape index (κ1) is 19.9. The lowest BCUT2D eigenvalue weighted by atomic mass is 10.3. The van der Waals surface area contributed by atoms with Crippen molar-refractivity contribution in [1.29, 1.82) is 0 Å². The summed E-state index contributed by atoms with van der Waals surface area (Å²) in [5.74, 6) is -0.685. The molecule has 12 heteroatoms. The molecule has 2 aromatic heterocycles. The zero-order chi connectivity index (χ0) is 20.8. The monoisotopic (exact) mass is 441 g/mol. The van der Waals surface area contributed by atoms with Crippen LogP contribution >= 0.6 is 23.5 Å². The fraction of sp³-hybridized carbons (Fsp3) is 0.111. The highest BCUT2D eigenvalue weighted by atomic mass is 32.2. The number of nitrogens with one attached hydrogen (secondary N) is 2. The van der Waals surface area contributed by atoms with Gasteiger partial charge in [0.15, 0.2) is 5.58 Å². The lowest BCUT2D eigenvalue weighted by Crippen LogP contribution is -2.43. The van der Waals surface area contributed by atoms with Crippen molar-refractivity contribution in [2.45, 2.75) is 10.4 Å². The minimum Gasteiger partial charge on any atom is -0.431 e. The van der Waals surface area contributed by atoms with Gasteiger partial charge in [0.2, 0.25) is 17.0 Å². The molecule has 2 N–H and O–H groups in total. The molecule has 0 saturated heterocycles. The standard InChI is InChI=1S/C18H15N7O3S2/c26-15(10-29-17-22-23-24-25(17)12-6-2-1-3-7-12)20-21-16(27)11-30-18-19-13-8-4-5-9-14(13)28-18/h1-9H,10-11H2,(H,20,26)(H,21,27). The molecule has 152 valence electrons. The van der Waals surface area contributed by atoms with Crippen LogP contribution in [0.15, 0.2) is 69.4 Å². The van der Waals surface area contributed by atoms with Crippen LogP contribution in [-0.4, -0.2) is 48.5 Å². The molecule has 2 heterocycles. The van der Waals surface area contributed by atoms with Gasteiger partial charge in [-0.1, -0.05) is 53.9 Å². The SMILES string of the molecule is O=C(CSc1nc2ccccc2o1)NNC(=O)CSc1nnnn1-c1ccccc1. The van der Waals surface area contributed by atoms with Gasteiger partial charge in [-0.2, -0.15) is 4.68 Å². The number of hydrogen-bond acceptors (Lipinski definition) is 9. The molecule has 0 bridgehead atoms. The van der Waals surface area contributed by atoms with E-state index in [1.165, 1.54) is 4.68 Å². The van der Waals surface area contributed by atoms with Gasteiger partial charge in [0.25, 0.3) is 5.22 Å². The molecule has 0 aliphatic heterocycles. The maximum Gasteiger partial charge on any atom is 0.257 e. The van der Waals surface area contributed by atoms with Gasteiger partial charge in [-0.25, -0.2) is 4.98 Å². The molecule has 0 atom stereocenters. The average Bonchev–Trinajstić information content (AvgIpc) is 3.42. The smallest absolute Gasteiger partial charge is 0.257 e. The van der Waals surface area contributed by atoms with Gasteiger partial charge in [-0.3, -0.25) is 20.4 Å². The number of benzene rings is 2. The zero-order valence-electron chi connectivity index (χ0n) is 15.4. The number of carbonyl (C=O) groups is 2. The molecule has 0 aliphatic rings. The Labute approximate surface area is 178 Å². The number of amides is 2. The molecule has 10 nitrogen and oxygen atoms in total. The summed E-state index contributed by atoms with van der Waals surface area (Å²) in [6.07, 6.45) is 0. The zero-order valence-corrected chi connectivity index (χ0v) is 17.0. The molecule has 2 aromatic carbocycles. The number of nitrogens with zero attached hydrogens (tertiary/aromatic N) is 5. The van der Waals surface area contributed by atoms with Crippen molar-refractivity contribution >= 4 is 46.4 Å². The molecular weight excluding hydrogens is 426 g/mol. The lowest BCUT2D eigenvalue weighted by molar-refractivity contribution is -0.126. The molecule has 0 radical (unpaired) electrons. The van der Waals surface area contributed by atoms with Crippen LogP contribution in [0.5, 0.6) is 0 Å². The summed E-state index contributed by atoms with van der Waals surface area (Å²) >= 11 is 2.29. The van der Waals surface area contributed by atoms with Crippen LogP contribution in [0.4, 0.5) is 0 Å². The summed E-state index contributed by atoms with van der Waals surface area (Å²) in [5, 5.41) is 12.3. The van der Waals surface area contributed by atoms with E-state index in [4.69, 9.17) is 4.42 Å². The summed E-state index contributed by atoms with van der Waals surface area (Å²) in [7, 11) is 0. The lowest BCUT2D eigenvalue weighted by Gasteiger charge is -2.06. The van der Waals surface area contributed by atoms with E-state index in [2.05, 4.69) is 31.4 Å². The Bertz CT molecular complexity index is 1130. The van der Waals surface area contributed by atoms with Crippen LogP contribution in [-0.2, 0) is 9.59 Å². The first-order valence-corrected chi connectivity index (χ1v) is 10.7. The first-order chi connectivity index (χ1) is 14.7. The highest BCUT2D eigenvalue weighted by molar-refractivity contribution is 8.00. The number of carbonyl (C=O) groups excluding carboxylic acids is 2. The van der Waals surface area contributed by atoms with E-state index in [0.717, 1.165) is 34.7 Å². The molecule has 2 amide bonds. The van der Waals surface area contributed by atoms with Gasteiger partial charge in [0.05, 0.1) is 17.2 Å². The molecule has 0 saturated carbocycles. The summed E-state index contributed by atoms with van der Waals surface area (Å²) in [5.41, 5.74) is 6.90. The third-order valence-electron chi connectivity index (χ3n) is 3.72. The normalized spacial score (nSPS) is 10.8.